The summed E-state index contributed by atoms with van der Waals surface area (Å²) in [6, 6.07) is 7.57. The third kappa shape index (κ3) is 2.11. The Balaban J connectivity index is 1.90. The third-order valence-electron chi connectivity index (χ3n) is 5.29. The van der Waals surface area contributed by atoms with Crippen molar-refractivity contribution in [2.75, 3.05) is 0 Å². The van der Waals surface area contributed by atoms with Crippen molar-refractivity contribution in [1.29, 1.82) is 0 Å². The van der Waals surface area contributed by atoms with Gasteiger partial charge in [0.1, 0.15) is 0 Å². The fourth-order valence-corrected chi connectivity index (χ4v) is 3.48. The molecule has 0 aromatic heterocycles. The highest BCUT2D eigenvalue weighted by Gasteiger charge is 2.65. The lowest BCUT2D eigenvalue weighted by Gasteiger charge is -2.23. The molecule has 1 unspecified atom stereocenters. The summed E-state index contributed by atoms with van der Waals surface area (Å²) >= 11 is 0. The van der Waals surface area contributed by atoms with Gasteiger partial charge in [-0.3, -0.25) is 14.5 Å². The SMILES string of the molecule is CC1=C(C)C2(OC1=O)C(=O)N(C1CC1)C(=O)/C2=C\c1ccc(C)cc1. The van der Waals surface area contributed by atoms with Crippen molar-refractivity contribution in [3.8, 4) is 0 Å². The van der Waals surface area contributed by atoms with Crippen molar-refractivity contribution in [1.82, 2.24) is 4.90 Å². The molecule has 2 aliphatic heterocycles. The molecule has 128 valence electrons. The van der Waals surface area contributed by atoms with E-state index in [1.807, 2.05) is 31.2 Å². The minimum absolute atomic E-state index is 0.0757. The summed E-state index contributed by atoms with van der Waals surface area (Å²) in [4.78, 5) is 39.6. The predicted octanol–water partition coefficient (Wildman–Crippen LogP) is 2.54. The van der Waals surface area contributed by atoms with Crippen LogP contribution in [0.4, 0.5) is 0 Å². The van der Waals surface area contributed by atoms with E-state index in [0.29, 0.717) is 11.1 Å². The minimum atomic E-state index is -1.59. The van der Waals surface area contributed by atoms with Crippen LogP contribution in [0.1, 0.15) is 37.8 Å². The molecule has 1 saturated carbocycles. The van der Waals surface area contributed by atoms with Crippen molar-refractivity contribution < 1.29 is 19.1 Å². The maximum atomic E-state index is 13.1. The second-order valence-electron chi connectivity index (χ2n) is 7.00. The molecule has 0 bridgehead atoms. The van der Waals surface area contributed by atoms with Crippen LogP contribution < -0.4 is 0 Å². The van der Waals surface area contributed by atoms with Gasteiger partial charge in [0, 0.05) is 11.6 Å². The highest BCUT2D eigenvalue weighted by Crippen LogP contribution is 2.48. The van der Waals surface area contributed by atoms with Gasteiger partial charge in [-0.15, -0.1) is 0 Å². The lowest BCUT2D eigenvalue weighted by molar-refractivity contribution is -0.156. The van der Waals surface area contributed by atoms with Crippen LogP contribution in [0, 0.1) is 6.92 Å². The Morgan fingerprint density at radius 3 is 2.24 bits per heavy atom. The lowest BCUT2D eigenvalue weighted by atomic mass is 9.86. The van der Waals surface area contributed by atoms with E-state index in [1.54, 1.807) is 19.9 Å². The molecule has 1 atom stereocenters. The molecule has 2 fully saturated rings. The zero-order valence-electron chi connectivity index (χ0n) is 14.5. The highest BCUT2D eigenvalue weighted by molar-refractivity contribution is 6.25. The van der Waals surface area contributed by atoms with Gasteiger partial charge in [-0.1, -0.05) is 29.8 Å². The summed E-state index contributed by atoms with van der Waals surface area (Å²) in [7, 11) is 0. The Kier molecular flexibility index (Phi) is 3.26. The second-order valence-corrected chi connectivity index (χ2v) is 7.00. The predicted molar refractivity (Wildman–Crippen MR) is 91.2 cm³/mol. The number of hydrogen-bond donors (Lipinski definition) is 0. The summed E-state index contributed by atoms with van der Waals surface area (Å²) in [6.45, 7) is 5.31. The molecule has 0 radical (unpaired) electrons. The van der Waals surface area contributed by atoms with Crippen LogP contribution in [-0.4, -0.2) is 34.3 Å². The molecule has 5 heteroatoms. The Labute approximate surface area is 146 Å². The van der Waals surface area contributed by atoms with Crippen molar-refractivity contribution in [3.63, 3.8) is 0 Å². The van der Waals surface area contributed by atoms with E-state index in [1.165, 1.54) is 4.90 Å². The molecular formula is C20H19NO4. The lowest BCUT2D eigenvalue weighted by Crippen LogP contribution is -2.43. The molecule has 1 aromatic rings. The average molecular weight is 337 g/mol. The summed E-state index contributed by atoms with van der Waals surface area (Å²) in [5.41, 5.74) is 1.45. The number of imide groups is 1. The second kappa shape index (κ2) is 5.15. The Morgan fingerprint density at radius 1 is 1.08 bits per heavy atom. The van der Waals surface area contributed by atoms with Gasteiger partial charge in [-0.25, -0.2) is 4.79 Å². The third-order valence-corrected chi connectivity index (χ3v) is 5.29. The highest BCUT2D eigenvalue weighted by atomic mass is 16.6. The first kappa shape index (κ1) is 15.8. The van der Waals surface area contributed by atoms with Gasteiger partial charge in [-0.2, -0.15) is 0 Å². The first-order valence-corrected chi connectivity index (χ1v) is 8.44. The molecular weight excluding hydrogens is 318 g/mol. The minimum Gasteiger partial charge on any atom is -0.436 e. The van der Waals surface area contributed by atoms with Crippen LogP contribution >= 0.6 is 0 Å². The zero-order chi connectivity index (χ0) is 17.9. The number of hydrogen-bond acceptors (Lipinski definition) is 4. The number of esters is 1. The fourth-order valence-electron chi connectivity index (χ4n) is 3.48. The van der Waals surface area contributed by atoms with Gasteiger partial charge in [0.15, 0.2) is 0 Å². The number of likely N-dealkylation sites (tertiary alicyclic amines) is 1. The molecule has 5 nitrogen and oxygen atoms in total. The molecule has 2 amide bonds. The molecule has 2 heterocycles. The van der Waals surface area contributed by atoms with Gasteiger partial charge in [0.2, 0.25) is 5.60 Å². The van der Waals surface area contributed by atoms with E-state index >= 15 is 0 Å². The number of aryl methyl sites for hydroxylation is 1. The number of ether oxygens (including phenoxy) is 1. The van der Waals surface area contributed by atoms with Crippen LogP contribution in [0.3, 0.4) is 0 Å². The quantitative estimate of drug-likeness (QED) is 0.473. The summed E-state index contributed by atoms with van der Waals surface area (Å²) in [6.07, 6.45) is 3.29. The summed E-state index contributed by atoms with van der Waals surface area (Å²) in [5.74, 6) is -1.32. The molecule has 4 rings (SSSR count). The van der Waals surface area contributed by atoms with Crippen molar-refractivity contribution in [3.05, 3.63) is 52.1 Å². The first-order valence-electron chi connectivity index (χ1n) is 8.44. The first-order chi connectivity index (χ1) is 11.9. The van der Waals surface area contributed by atoms with E-state index in [9.17, 15) is 14.4 Å². The fraction of sp³-hybridized carbons (Fsp3) is 0.350. The van der Waals surface area contributed by atoms with Crippen molar-refractivity contribution in [2.24, 2.45) is 0 Å². The smallest absolute Gasteiger partial charge is 0.335 e. The molecule has 3 aliphatic rings. The van der Waals surface area contributed by atoms with Crippen LogP contribution in [-0.2, 0) is 19.1 Å². The summed E-state index contributed by atoms with van der Waals surface area (Å²) < 4.78 is 5.54. The normalized spacial score (nSPS) is 27.9. The number of benzene rings is 1. The number of carbonyl (C=O) groups is 3. The Bertz CT molecular complexity index is 873. The van der Waals surface area contributed by atoms with E-state index in [0.717, 1.165) is 24.0 Å². The van der Waals surface area contributed by atoms with Crippen molar-refractivity contribution in [2.45, 2.75) is 45.3 Å². The Hall–Kier alpha value is -2.69. The maximum Gasteiger partial charge on any atom is 0.335 e. The van der Waals surface area contributed by atoms with E-state index in [-0.39, 0.29) is 17.5 Å². The zero-order valence-corrected chi connectivity index (χ0v) is 14.5. The van der Waals surface area contributed by atoms with Gasteiger partial charge < -0.3 is 4.74 Å². The van der Waals surface area contributed by atoms with Crippen LogP contribution in [0.25, 0.3) is 6.08 Å². The summed E-state index contributed by atoms with van der Waals surface area (Å²) in [5, 5.41) is 0. The largest absolute Gasteiger partial charge is 0.436 e. The molecule has 25 heavy (non-hydrogen) atoms. The topological polar surface area (TPSA) is 63.7 Å². The van der Waals surface area contributed by atoms with E-state index < -0.39 is 17.5 Å². The van der Waals surface area contributed by atoms with E-state index in [4.69, 9.17) is 4.74 Å². The number of nitrogens with zero attached hydrogens (tertiary/aromatic N) is 1. The maximum absolute atomic E-state index is 13.1. The molecule has 1 saturated heterocycles. The number of rotatable bonds is 2. The van der Waals surface area contributed by atoms with Crippen molar-refractivity contribution >= 4 is 23.9 Å². The van der Waals surface area contributed by atoms with Crippen LogP contribution in [0.5, 0.6) is 0 Å². The standard InChI is InChI=1S/C20H19NO4/c1-11-4-6-14(7-5-11)10-16-17(22)21(15-8-9-15)19(24)20(16)13(3)12(2)18(23)25-20/h4-7,10,15H,8-9H2,1-3H3/b16-10+. The molecule has 1 spiro atoms. The van der Waals surface area contributed by atoms with Gasteiger partial charge in [0.25, 0.3) is 11.8 Å². The van der Waals surface area contributed by atoms with Gasteiger partial charge in [0.05, 0.1) is 5.57 Å². The monoisotopic (exact) mass is 337 g/mol. The number of amides is 2. The van der Waals surface area contributed by atoms with Gasteiger partial charge in [-0.05, 0) is 50.8 Å². The number of carbonyl (C=O) groups excluding carboxylic acids is 3. The molecule has 1 aliphatic carbocycles. The van der Waals surface area contributed by atoms with Crippen LogP contribution in [0.2, 0.25) is 0 Å². The Morgan fingerprint density at radius 2 is 1.72 bits per heavy atom. The van der Waals surface area contributed by atoms with E-state index in [2.05, 4.69) is 0 Å². The average Bonchev–Trinajstić information content (AvgIpc) is 3.36. The van der Waals surface area contributed by atoms with Gasteiger partial charge >= 0.3 is 5.97 Å². The molecule has 1 aromatic carbocycles. The van der Waals surface area contributed by atoms with Crippen LogP contribution in [0.15, 0.2) is 41.0 Å². The molecule has 0 N–H and O–H groups in total.